The Morgan fingerprint density at radius 2 is 1.81 bits per heavy atom. The van der Waals surface area contributed by atoms with Gasteiger partial charge in [0.15, 0.2) is 6.04 Å². The number of amides is 1. The summed E-state index contributed by atoms with van der Waals surface area (Å²) in [6.07, 6.45) is 0. The lowest BCUT2D eigenvalue weighted by molar-refractivity contribution is -0.914. The predicted molar refractivity (Wildman–Crippen MR) is 108 cm³/mol. The van der Waals surface area contributed by atoms with Crippen LogP contribution in [0.1, 0.15) is 6.92 Å². The summed E-state index contributed by atoms with van der Waals surface area (Å²) in [5.74, 6) is 0.963. The van der Waals surface area contributed by atoms with E-state index in [0.717, 1.165) is 47.8 Å². The van der Waals surface area contributed by atoms with Crippen LogP contribution in [-0.4, -0.2) is 45.2 Å². The van der Waals surface area contributed by atoms with Crippen molar-refractivity contribution in [2.24, 2.45) is 0 Å². The van der Waals surface area contributed by atoms with Crippen LogP contribution in [-0.2, 0) is 4.79 Å². The smallest absolute Gasteiger partial charge is 0.282 e. The minimum absolute atomic E-state index is 0.0630. The van der Waals surface area contributed by atoms with Crippen molar-refractivity contribution >= 4 is 33.2 Å². The van der Waals surface area contributed by atoms with Gasteiger partial charge in [0.1, 0.15) is 5.75 Å². The molecule has 1 amide bonds. The van der Waals surface area contributed by atoms with E-state index in [-0.39, 0.29) is 11.9 Å². The van der Waals surface area contributed by atoms with E-state index in [0.29, 0.717) is 0 Å². The summed E-state index contributed by atoms with van der Waals surface area (Å²) in [7, 11) is 1.70. The number of piperazine rings is 1. The SMILES string of the molecule is COc1ccccc1N1CC[NH+]([C@H](C)C(=O)Nc2ccc(Br)cc2)CC1. The number of rotatable bonds is 5. The summed E-state index contributed by atoms with van der Waals surface area (Å²) in [5.41, 5.74) is 1.96. The van der Waals surface area contributed by atoms with Crippen LogP contribution in [0.2, 0.25) is 0 Å². The Labute approximate surface area is 163 Å². The van der Waals surface area contributed by atoms with Crippen molar-refractivity contribution in [2.75, 3.05) is 43.5 Å². The number of carbonyl (C=O) groups is 1. The number of carbonyl (C=O) groups excluding carboxylic acids is 1. The van der Waals surface area contributed by atoms with Gasteiger partial charge < -0.3 is 19.9 Å². The Hall–Kier alpha value is -2.05. The summed E-state index contributed by atoms with van der Waals surface area (Å²) < 4.78 is 6.47. The zero-order valence-electron chi connectivity index (χ0n) is 15.2. The van der Waals surface area contributed by atoms with Crippen molar-refractivity contribution in [2.45, 2.75) is 13.0 Å². The van der Waals surface area contributed by atoms with Crippen LogP contribution in [0.15, 0.2) is 53.0 Å². The van der Waals surface area contributed by atoms with Crippen molar-refractivity contribution in [3.63, 3.8) is 0 Å². The van der Waals surface area contributed by atoms with Crippen molar-refractivity contribution in [3.8, 4) is 5.75 Å². The first-order valence-corrected chi connectivity index (χ1v) is 9.67. The number of quaternary nitrogens is 1. The number of methoxy groups -OCH3 is 1. The third-order valence-corrected chi connectivity index (χ3v) is 5.48. The first kappa shape index (κ1) is 18.7. The van der Waals surface area contributed by atoms with Gasteiger partial charge >= 0.3 is 0 Å². The van der Waals surface area contributed by atoms with Crippen LogP contribution in [0.5, 0.6) is 5.75 Å². The minimum Gasteiger partial charge on any atom is -0.495 e. The number of benzene rings is 2. The zero-order valence-corrected chi connectivity index (χ0v) is 16.8. The maximum absolute atomic E-state index is 12.6. The molecule has 2 aromatic carbocycles. The molecular weight excluding hydrogens is 394 g/mol. The highest BCUT2D eigenvalue weighted by atomic mass is 79.9. The van der Waals surface area contributed by atoms with Gasteiger partial charge in [-0.2, -0.15) is 0 Å². The Bertz CT molecular complexity index is 743. The fraction of sp³-hybridized carbons (Fsp3) is 0.350. The average molecular weight is 419 g/mol. The average Bonchev–Trinajstić information content (AvgIpc) is 2.69. The van der Waals surface area contributed by atoms with Crippen LogP contribution in [0, 0.1) is 0 Å². The third-order valence-electron chi connectivity index (χ3n) is 4.95. The Kier molecular flexibility index (Phi) is 6.16. The molecule has 138 valence electrons. The molecule has 0 bridgehead atoms. The van der Waals surface area contributed by atoms with Crippen LogP contribution >= 0.6 is 15.9 Å². The van der Waals surface area contributed by atoms with E-state index in [1.54, 1.807) is 7.11 Å². The van der Waals surface area contributed by atoms with Gasteiger partial charge in [-0.15, -0.1) is 0 Å². The molecule has 2 N–H and O–H groups in total. The molecule has 0 radical (unpaired) electrons. The standard InChI is InChI=1S/C20H24BrN3O2/c1-15(20(25)22-17-9-7-16(21)8-10-17)23-11-13-24(14-12-23)18-5-3-4-6-19(18)26-2/h3-10,15H,11-14H2,1-2H3,(H,22,25)/p+1/t15-/m1/s1. The molecule has 6 heteroatoms. The second-order valence-electron chi connectivity index (χ2n) is 6.53. The number of hydrogen-bond donors (Lipinski definition) is 2. The van der Waals surface area contributed by atoms with Crippen molar-refractivity contribution in [3.05, 3.63) is 53.0 Å². The molecule has 5 nitrogen and oxygen atoms in total. The van der Waals surface area contributed by atoms with Gasteiger partial charge in [0, 0.05) is 10.2 Å². The molecule has 3 rings (SSSR count). The first-order chi connectivity index (χ1) is 12.6. The fourth-order valence-corrected chi connectivity index (χ4v) is 3.59. The van der Waals surface area contributed by atoms with E-state index in [9.17, 15) is 4.79 Å². The van der Waals surface area contributed by atoms with Crippen LogP contribution in [0.3, 0.4) is 0 Å². The largest absolute Gasteiger partial charge is 0.495 e. The highest BCUT2D eigenvalue weighted by Gasteiger charge is 2.30. The summed E-state index contributed by atoms with van der Waals surface area (Å²) in [5, 5.41) is 3.01. The van der Waals surface area contributed by atoms with E-state index in [2.05, 4.69) is 32.2 Å². The molecule has 1 saturated heterocycles. The third kappa shape index (κ3) is 4.37. The Morgan fingerprint density at radius 1 is 1.15 bits per heavy atom. The molecule has 1 atom stereocenters. The van der Waals surface area contributed by atoms with Crippen LogP contribution in [0.4, 0.5) is 11.4 Å². The van der Waals surface area contributed by atoms with E-state index in [1.165, 1.54) is 4.90 Å². The topological polar surface area (TPSA) is 46.0 Å². The summed E-state index contributed by atoms with van der Waals surface area (Å²) in [4.78, 5) is 16.2. The molecule has 2 aromatic rings. The van der Waals surface area contributed by atoms with Gasteiger partial charge in [0.2, 0.25) is 0 Å². The highest BCUT2D eigenvalue weighted by molar-refractivity contribution is 9.10. The fourth-order valence-electron chi connectivity index (χ4n) is 3.33. The maximum Gasteiger partial charge on any atom is 0.282 e. The second kappa shape index (κ2) is 8.56. The van der Waals surface area contributed by atoms with Gasteiger partial charge in [0.25, 0.3) is 5.91 Å². The predicted octanol–water partition coefficient (Wildman–Crippen LogP) is 2.19. The van der Waals surface area contributed by atoms with E-state index >= 15 is 0 Å². The van der Waals surface area contributed by atoms with Crippen LogP contribution < -0.4 is 19.9 Å². The molecule has 0 saturated carbocycles. The zero-order chi connectivity index (χ0) is 18.5. The highest BCUT2D eigenvalue weighted by Crippen LogP contribution is 2.27. The Morgan fingerprint density at radius 3 is 2.46 bits per heavy atom. The van der Waals surface area contributed by atoms with Gasteiger partial charge in [0.05, 0.1) is 39.0 Å². The van der Waals surface area contributed by atoms with Gasteiger partial charge in [-0.25, -0.2) is 0 Å². The molecule has 0 aliphatic carbocycles. The minimum atomic E-state index is -0.0848. The van der Waals surface area contributed by atoms with Crippen molar-refractivity contribution < 1.29 is 14.4 Å². The van der Waals surface area contributed by atoms with Gasteiger partial charge in [-0.3, -0.25) is 4.79 Å². The number of halogens is 1. The van der Waals surface area contributed by atoms with Crippen molar-refractivity contribution in [1.82, 2.24) is 0 Å². The number of hydrogen-bond acceptors (Lipinski definition) is 3. The molecule has 0 unspecified atom stereocenters. The van der Waals surface area contributed by atoms with E-state index in [4.69, 9.17) is 4.74 Å². The molecule has 1 aliphatic heterocycles. The van der Waals surface area contributed by atoms with Gasteiger partial charge in [-0.1, -0.05) is 28.1 Å². The van der Waals surface area contributed by atoms with E-state index in [1.807, 2.05) is 49.4 Å². The molecule has 1 aliphatic rings. The quantitative estimate of drug-likeness (QED) is 0.781. The summed E-state index contributed by atoms with van der Waals surface area (Å²) in [6, 6.07) is 15.7. The maximum atomic E-state index is 12.6. The second-order valence-corrected chi connectivity index (χ2v) is 7.45. The number of anilines is 2. The first-order valence-electron chi connectivity index (χ1n) is 8.87. The van der Waals surface area contributed by atoms with Crippen LogP contribution in [0.25, 0.3) is 0 Å². The lowest BCUT2D eigenvalue weighted by atomic mass is 10.2. The molecular formula is C20H25BrN3O2+. The van der Waals surface area contributed by atoms with Crippen molar-refractivity contribution in [1.29, 1.82) is 0 Å². The Balaban J connectivity index is 1.57. The lowest BCUT2D eigenvalue weighted by Gasteiger charge is -2.36. The van der Waals surface area contributed by atoms with E-state index < -0.39 is 0 Å². The normalized spacial score (nSPS) is 16.2. The number of nitrogens with zero attached hydrogens (tertiary/aromatic N) is 1. The molecule has 26 heavy (non-hydrogen) atoms. The summed E-state index contributed by atoms with van der Waals surface area (Å²) in [6.45, 7) is 5.67. The lowest BCUT2D eigenvalue weighted by Crippen LogP contribution is -3.19. The van der Waals surface area contributed by atoms with Gasteiger partial charge in [-0.05, 0) is 43.3 Å². The molecule has 0 spiro atoms. The number of para-hydroxylation sites is 2. The molecule has 1 fully saturated rings. The molecule has 0 aromatic heterocycles. The summed E-state index contributed by atoms with van der Waals surface area (Å²) >= 11 is 3.41. The number of ether oxygens (including phenoxy) is 1. The monoisotopic (exact) mass is 418 g/mol. The number of nitrogens with one attached hydrogen (secondary N) is 2. The molecule has 1 heterocycles.